The number of aromatic amines is 1. The molecular weight excluding hydrogens is 318 g/mol. The Morgan fingerprint density at radius 3 is 2.62 bits per heavy atom. The van der Waals surface area contributed by atoms with Crippen LogP contribution >= 0.6 is 11.8 Å². The molecule has 1 aliphatic carbocycles. The van der Waals surface area contributed by atoms with E-state index in [-0.39, 0.29) is 17.3 Å². The van der Waals surface area contributed by atoms with Crippen molar-refractivity contribution in [3.8, 4) is 0 Å². The van der Waals surface area contributed by atoms with Gasteiger partial charge >= 0.3 is 0 Å². The molecule has 0 unspecified atom stereocenters. The van der Waals surface area contributed by atoms with Gasteiger partial charge in [-0.25, -0.2) is 0 Å². The quantitative estimate of drug-likeness (QED) is 0.555. The van der Waals surface area contributed by atoms with Crippen LogP contribution in [0.5, 0.6) is 0 Å². The first kappa shape index (κ1) is 15.2. The van der Waals surface area contributed by atoms with E-state index in [1.54, 1.807) is 18.0 Å². The lowest BCUT2D eigenvalue weighted by atomic mass is 10.0. The van der Waals surface area contributed by atoms with Crippen LogP contribution in [-0.2, 0) is 5.75 Å². The fourth-order valence-electron chi connectivity index (χ4n) is 2.84. The smallest absolute Gasteiger partial charge is 0.255 e. The van der Waals surface area contributed by atoms with Crippen molar-refractivity contribution in [2.24, 2.45) is 5.92 Å². The Labute approximate surface area is 144 Å². The summed E-state index contributed by atoms with van der Waals surface area (Å²) in [6.07, 6.45) is 3.50. The molecule has 0 amide bonds. The second kappa shape index (κ2) is 6.29. The number of aromatic nitrogens is 1. The molecule has 1 aromatic heterocycles. The Balaban J connectivity index is 1.66. The zero-order valence-electron chi connectivity index (χ0n) is 13.1. The molecule has 24 heavy (non-hydrogen) atoms. The average molecular weight is 335 g/mol. The number of benzene rings is 2. The predicted molar refractivity (Wildman–Crippen MR) is 97.6 cm³/mol. The van der Waals surface area contributed by atoms with Crippen molar-refractivity contribution >= 4 is 28.3 Å². The van der Waals surface area contributed by atoms with Gasteiger partial charge in [-0.3, -0.25) is 9.59 Å². The zero-order chi connectivity index (χ0) is 16.5. The number of carbonyl (C=O) groups excluding carboxylic acids is 1. The number of carbonyl (C=O) groups is 1. The molecule has 3 nitrogen and oxygen atoms in total. The SMILES string of the molecule is O=C(c1c[nH]c(=O)c2cc(SCc3ccccc3)ccc12)C1CC1. The monoisotopic (exact) mass is 335 g/mol. The number of hydrogen-bond acceptors (Lipinski definition) is 3. The molecule has 1 fully saturated rings. The maximum absolute atomic E-state index is 12.4. The highest BCUT2D eigenvalue weighted by molar-refractivity contribution is 7.98. The number of ketones is 1. The molecule has 0 radical (unpaired) electrons. The third-order valence-corrected chi connectivity index (χ3v) is 5.40. The summed E-state index contributed by atoms with van der Waals surface area (Å²) in [7, 11) is 0. The van der Waals surface area contributed by atoms with Crippen LogP contribution < -0.4 is 5.56 Å². The highest BCUT2D eigenvalue weighted by Crippen LogP contribution is 2.34. The molecule has 1 saturated carbocycles. The first-order chi connectivity index (χ1) is 11.7. The van der Waals surface area contributed by atoms with Gasteiger partial charge in [0.05, 0.1) is 0 Å². The number of fused-ring (bicyclic) bond motifs is 1. The Morgan fingerprint density at radius 1 is 1.08 bits per heavy atom. The minimum atomic E-state index is -0.139. The van der Waals surface area contributed by atoms with E-state index in [1.165, 1.54) is 5.56 Å². The molecule has 1 heterocycles. The highest BCUT2D eigenvalue weighted by Gasteiger charge is 2.31. The summed E-state index contributed by atoms with van der Waals surface area (Å²) in [6.45, 7) is 0. The molecule has 0 spiro atoms. The number of thioether (sulfide) groups is 1. The van der Waals surface area contributed by atoms with Crippen LogP contribution in [0.4, 0.5) is 0 Å². The number of hydrogen-bond donors (Lipinski definition) is 1. The molecule has 0 bridgehead atoms. The van der Waals surface area contributed by atoms with E-state index < -0.39 is 0 Å². The van der Waals surface area contributed by atoms with Gasteiger partial charge in [-0.2, -0.15) is 0 Å². The third-order valence-electron chi connectivity index (χ3n) is 4.34. The Kier molecular flexibility index (Phi) is 3.98. The second-order valence-corrected chi connectivity index (χ2v) is 7.20. The molecule has 1 N–H and O–H groups in total. The van der Waals surface area contributed by atoms with Crippen molar-refractivity contribution in [1.29, 1.82) is 0 Å². The van der Waals surface area contributed by atoms with E-state index in [9.17, 15) is 9.59 Å². The van der Waals surface area contributed by atoms with Crippen LogP contribution in [0, 0.1) is 5.92 Å². The fourth-order valence-corrected chi connectivity index (χ4v) is 3.73. The van der Waals surface area contributed by atoms with Crippen molar-refractivity contribution in [2.75, 3.05) is 0 Å². The zero-order valence-corrected chi connectivity index (χ0v) is 13.9. The summed E-state index contributed by atoms with van der Waals surface area (Å²) >= 11 is 1.69. The molecule has 120 valence electrons. The summed E-state index contributed by atoms with van der Waals surface area (Å²) in [5.74, 6) is 1.15. The first-order valence-corrected chi connectivity index (χ1v) is 9.07. The van der Waals surface area contributed by atoms with Crippen molar-refractivity contribution < 1.29 is 4.79 Å². The summed E-state index contributed by atoms with van der Waals surface area (Å²) in [4.78, 5) is 28.3. The largest absolute Gasteiger partial charge is 0.328 e. The summed E-state index contributed by atoms with van der Waals surface area (Å²) in [6, 6.07) is 16.0. The van der Waals surface area contributed by atoms with Crippen LogP contribution in [0.3, 0.4) is 0 Å². The standard InChI is InChI=1S/C20H17NO2S/c22-19(14-6-7-14)18-11-21-20(23)17-10-15(8-9-16(17)18)24-12-13-4-2-1-3-5-13/h1-5,8-11,14H,6-7,12H2,(H,21,23). The van der Waals surface area contributed by atoms with Crippen LogP contribution in [0.15, 0.2) is 64.4 Å². The van der Waals surface area contributed by atoms with Crippen molar-refractivity contribution in [3.05, 3.63) is 76.2 Å². The van der Waals surface area contributed by atoms with Crippen LogP contribution in [0.25, 0.3) is 10.8 Å². The van der Waals surface area contributed by atoms with E-state index in [2.05, 4.69) is 17.1 Å². The third kappa shape index (κ3) is 3.02. The maximum atomic E-state index is 12.4. The molecule has 0 saturated heterocycles. The molecule has 4 heteroatoms. The van der Waals surface area contributed by atoms with Crippen molar-refractivity contribution in [3.63, 3.8) is 0 Å². The van der Waals surface area contributed by atoms with Gasteiger partial charge in [0.2, 0.25) is 0 Å². The van der Waals surface area contributed by atoms with E-state index in [0.717, 1.165) is 28.9 Å². The van der Waals surface area contributed by atoms with Gasteiger partial charge < -0.3 is 4.98 Å². The number of Topliss-reactive ketones (excluding diaryl/α,β-unsaturated/α-hetero) is 1. The first-order valence-electron chi connectivity index (χ1n) is 8.09. The summed E-state index contributed by atoms with van der Waals surface area (Å²) in [5.41, 5.74) is 1.75. The number of nitrogens with one attached hydrogen (secondary N) is 1. The van der Waals surface area contributed by atoms with Crippen LogP contribution in [0.2, 0.25) is 0 Å². The van der Waals surface area contributed by atoms with Gasteiger partial charge in [0.25, 0.3) is 5.56 Å². The maximum Gasteiger partial charge on any atom is 0.255 e. The van der Waals surface area contributed by atoms with E-state index in [0.29, 0.717) is 10.9 Å². The van der Waals surface area contributed by atoms with Gasteiger partial charge in [-0.05, 0) is 35.9 Å². The highest BCUT2D eigenvalue weighted by atomic mass is 32.2. The number of pyridine rings is 1. The van der Waals surface area contributed by atoms with Gasteiger partial charge in [0, 0.05) is 33.7 Å². The van der Waals surface area contributed by atoms with Crippen molar-refractivity contribution in [2.45, 2.75) is 23.5 Å². The van der Waals surface area contributed by atoms with Gasteiger partial charge in [0.15, 0.2) is 5.78 Å². The average Bonchev–Trinajstić information content (AvgIpc) is 3.46. The fraction of sp³-hybridized carbons (Fsp3) is 0.200. The lowest BCUT2D eigenvalue weighted by Crippen LogP contribution is -2.11. The van der Waals surface area contributed by atoms with Crippen LogP contribution in [0.1, 0.15) is 28.8 Å². The summed E-state index contributed by atoms with van der Waals surface area (Å²) < 4.78 is 0. The molecular formula is C20H17NO2S. The topological polar surface area (TPSA) is 49.9 Å². The Hall–Kier alpha value is -2.33. The molecule has 3 aromatic rings. The minimum Gasteiger partial charge on any atom is -0.328 e. The predicted octanol–water partition coefficient (Wildman–Crippen LogP) is 4.41. The second-order valence-electron chi connectivity index (χ2n) is 6.15. The minimum absolute atomic E-state index is 0.139. The Morgan fingerprint density at radius 2 is 1.88 bits per heavy atom. The molecule has 4 rings (SSSR count). The van der Waals surface area contributed by atoms with E-state index in [1.807, 2.05) is 36.4 Å². The lowest BCUT2D eigenvalue weighted by Gasteiger charge is -2.07. The van der Waals surface area contributed by atoms with Crippen LogP contribution in [-0.4, -0.2) is 10.8 Å². The summed E-state index contributed by atoms with van der Waals surface area (Å²) in [5, 5.41) is 1.36. The van der Waals surface area contributed by atoms with E-state index in [4.69, 9.17) is 0 Å². The molecule has 0 aliphatic heterocycles. The molecule has 2 aromatic carbocycles. The normalized spacial score (nSPS) is 14.0. The van der Waals surface area contributed by atoms with Gasteiger partial charge in [-0.15, -0.1) is 11.8 Å². The van der Waals surface area contributed by atoms with Crippen molar-refractivity contribution in [1.82, 2.24) is 4.98 Å². The van der Waals surface area contributed by atoms with Gasteiger partial charge in [-0.1, -0.05) is 36.4 Å². The lowest BCUT2D eigenvalue weighted by molar-refractivity contribution is 0.0969. The number of rotatable bonds is 5. The molecule has 0 atom stereocenters. The molecule has 1 aliphatic rings. The Bertz CT molecular complexity index is 958. The van der Waals surface area contributed by atoms with Gasteiger partial charge in [0.1, 0.15) is 0 Å². The van der Waals surface area contributed by atoms with E-state index >= 15 is 0 Å². The number of H-pyrrole nitrogens is 1.